The van der Waals surface area contributed by atoms with Crippen LogP contribution in [0.3, 0.4) is 0 Å². The molecule has 86 valence electrons. The summed E-state index contributed by atoms with van der Waals surface area (Å²) in [6, 6.07) is 5.90. The van der Waals surface area contributed by atoms with Crippen LogP contribution in [0.25, 0.3) is 0 Å². The maximum absolute atomic E-state index is 9.03. The third-order valence-corrected chi connectivity index (χ3v) is 2.78. The van der Waals surface area contributed by atoms with Crippen molar-refractivity contribution in [2.24, 2.45) is 5.92 Å². The molecule has 0 fully saturated rings. The highest BCUT2D eigenvalue weighted by Crippen LogP contribution is 2.18. The minimum absolute atomic E-state index is 0.610. The van der Waals surface area contributed by atoms with Gasteiger partial charge in [-0.1, -0.05) is 20.3 Å². The number of nitriles is 1. The monoisotopic (exact) mass is 217 g/mol. The Morgan fingerprint density at radius 2 is 2.19 bits per heavy atom. The standard InChI is InChI=1S/C13H19N3/c1-5-10(2)9-16(4)13-12(8-14)7-6-11(3)15-13/h6-7,10H,5,9H2,1-4H3. The minimum atomic E-state index is 0.610. The summed E-state index contributed by atoms with van der Waals surface area (Å²) in [4.78, 5) is 6.50. The largest absolute Gasteiger partial charge is 0.358 e. The highest BCUT2D eigenvalue weighted by molar-refractivity contribution is 5.53. The van der Waals surface area contributed by atoms with Crippen LogP contribution in [-0.2, 0) is 0 Å². The second-order valence-electron chi connectivity index (χ2n) is 4.33. The summed E-state index contributed by atoms with van der Waals surface area (Å²) in [6.45, 7) is 7.26. The van der Waals surface area contributed by atoms with Crippen LogP contribution in [0, 0.1) is 24.2 Å². The van der Waals surface area contributed by atoms with Gasteiger partial charge in [0.2, 0.25) is 0 Å². The smallest absolute Gasteiger partial charge is 0.146 e. The van der Waals surface area contributed by atoms with Gasteiger partial charge in [0.15, 0.2) is 0 Å². The van der Waals surface area contributed by atoms with Gasteiger partial charge in [0.1, 0.15) is 11.9 Å². The van der Waals surface area contributed by atoms with Crippen LogP contribution in [0.5, 0.6) is 0 Å². The van der Waals surface area contributed by atoms with Crippen molar-refractivity contribution in [1.29, 1.82) is 5.26 Å². The van der Waals surface area contributed by atoms with Gasteiger partial charge in [0, 0.05) is 19.3 Å². The van der Waals surface area contributed by atoms with Crippen LogP contribution in [0.4, 0.5) is 5.82 Å². The normalized spacial score (nSPS) is 11.9. The van der Waals surface area contributed by atoms with Crippen molar-refractivity contribution in [3.05, 3.63) is 23.4 Å². The van der Waals surface area contributed by atoms with E-state index in [4.69, 9.17) is 5.26 Å². The maximum atomic E-state index is 9.03. The lowest BCUT2D eigenvalue weighted by molar-refractivity contribution is 0.557. The molecule has 1 aromatic rings. The Balaban J connectivity index is 2.94. The molecule has 1 aromatic heterocycles. The lowest BCUT2D eigenvalue weighted by Gasteiger charge is -2.22. The molecule has 3 heteroatoms. The number of aryl methyl sites for hydroxylation is 1. The maximum Gasteiger partial charge on any atom is 0.146 e. The van der Waals surface area contributed by atoms with Crippen LogP contribution >= 0.6 is 0 Å². The van der Waals surface area contributed by atoms with Crippen molar-refractivity contribution in [1.82, 2.24) is 4.98 Å². The molecule has 1 heterocycles. The quantitative estimate of drug-likeness (QED) is 0.778. The second kappa shape index (κ2) is 5.50. The molecule has 1 unspecified atom stereocenters. The molecular weight excluding hydrogens is 198 g/mol. The molecule has 0 saturated heterocycles. The molecule has 0 spiro atoms. The molecule has 1 atom stereocenters. The Morgan fingerprint density at radius 3 is 2.75 bits per heavy atom. The summed E-state index contributed by atoms with van der Waals surface area (Å²) < 4.78 is 0. The number of rotatable bonds is 4. The lowest BCUT2D eigenvalue weighted by Crippen LogP contribution is -2.25. The average molecular weight is 217 g/mol. The van der Waals surface area contributed by atoms with E-state index in [1.54, 1.807) is 0 Å². The fraction of sp³-hybridized carbons (Fsp3) is 0.538. The van der Waals surface area contributed by atoms with Gasteiger partial charge in [-0.3, -0.25) is 0 Å². The van der Waals surface area contributed by atoms with E-state index in [1.807, 2.05) is 26.1 Å². The van der Waals surface area contributed by atoms with Gasteiger partial charge >= 0.3 is 0 Å². The average Bonchev–Trinajstić information content (AvgIpc) is 2.28. The molecule has 0 saturated carbocycles. The first kappa shape index (κ1) is 12.5. The molecule has 3 nitrogen and oxygen atoms in total. The van der Waals surface area contributed by atoms with E-state index in [9.17, 15) is 0 Å². The van der Waals surface area contributed by atoms with E-state index in [0.29, 0.717) is 11.5 Å². The van der Waals surface area contributed by atoms with Gasteiger partial charge in [0.05, 0.1) is 5.56 Å². The van der Waals surface area contributed by atoms with E-state index in [2.05, 4.69) is 29.8 Å². The van der Waals surface area contributed by atoms with Crippen molar-refractivity contribution in [2.75, 3.05) is 18.5 Å². The first-order valence-corrected chi connectivity index (χ1v) is 5.67. The molecule has 0 aliphatic rings. The summed E-state index contributed by atoms with van der Waals surface area (Å²) in [5.74, 6) is 1.40. The topological polar surface area (TPSA) is 39.9 Å². The summed E-state index contributed by atoms with van der Waals surface area (Å²) >= 11 is 0. The fourth-order valence-electron chi connectivity index (χ4n) is 1.60. The zero-order valence-corrected chi connectivity index (χ0v) is 10.5. The Morgan fingerprint density at radius 1 is 1.50 bits per heavy atom. The summed E-state index contributed by atoms with van der Waals surface area (Å²) in [7, 11) is 1.99. The fourth-order valence-corrected chi connectivity index (χ4v) is 1.60. The summed E-state index contributed by atoms with van der Waals surface area (Å²) in [5, 5.41) is 9.03. The molecule has 0 aliphatic heterocycles. The van der Waals surface area contributed by atoms with E-state index < -0.39 is 0 Å². The highest BCUT2D eigenvalue weighted by atomic mass is 15.2. The molecular formula is C13H19N3. The van der Waals surface area contributed by atoms with E-state index in [-0.39, 0.29) is 0 Å². The molecule has 0 N–H and O–H groups in total. The van der Waals surface area contributed by atoms with Crippen LogP contribution in [0.2, 0.25) is 0 Å². The third-order valence-electron chi connectivity index (χ3n) is 2.78. The van der Waals surface area contributed by atoms with Gasteiger partial charge in [-0.2, -0.15) is 5.26 Å². The number of pyridine rings is 1. The van der Waals surface area contributed by atoms with Crippen molar-refractivity contribution in [3.8, 4) is 6.07 Å². The summed E-state index contributed by atoms with van der Waals surface area (Å²) in [6.07, 6.45) is 1.14. The Hall–Kier alpha value is -1.56. The van der Waals surface area contributed by atoms with Crippen LogP contribution in [-0.4, -0.2) is 18.6 Å². The minimum Gasteiger partial charge on any atom is -0.358 e. The highest BCUT2D eigenvalue weighted by Gasteiger charge is 2.11. The van der Waals surface area contributed by atoms with Crippen molar-refractivity contribution in [3.63, 3.8) is 0 Å². The Kier molecular flexibility index (Phi) is 4.30. The number of aromatic nitrogens is 1. The molecule has 16 heavy (non-hydrogen) atoms. The molecule has 1 rings (SSSR count). The molecule has 0 aromatic carbocycles. The van der Waals surface area contributed by atoms with Gasteiger partial charge in [-0.25, -0.2) is 4.98 Å². The predicted octanol–water partition coefficient (Wildman–Crippen LogP) is 2.74. The molecule has 0 radical (unpaired) electrons. The Bertz CT molecular complexity index is 393. The Labute approximate surface area is 97.7 Å². The SMILES string of the molecule is CCC(C)CN(C)c1nc(C)ccc1C#N. The van der Waals surface area contributed by atoms with Crippen LogP contribution < -0.4 is 4.90 Å². The number of nitrogens with zero attached hydrogens (tertiary/aromatic N) is 3. The summed E-state index contributed by atoms with van der Waals surface area (Å²) in [5.41, 5.74) is 1.60. The van der Waals surface area contributed by atoms with Crippen molar-refractivity contribution >= 4 is 5.82 Å². The second-order valence-corrected chi connectivity index (χ2v) is 4.33. The van der Waals surface area contributed by atoms with E-state index in [1.165, 1.54) is 0 Å². The van der Waals surface area contributed by atoms with E-state index >= 15 is 0 Å². The number of anilines is 1. The van der Waals surface area contributed by atoms with Crippen LogP contribution in [0.15, 0.2) is 12.1 Å². The zero-order chi connectivity index (χ0) is 12.1. The van der Waals surface area contributed by atoms with Crippen molar-refractivity contribution < 1.29 is 0 Å². The zero-order valence-electron chi connectivity index (χ0n) is 10.5. The van der Waals surface area contributed by atoms with E-state index in [0.717, 1.165) is 24.5 Å². The predicted molar refractivity (Wildman–Crippen MR) is 66.4 cm³/mol. The van der Waals surface area contributed by atoms with Gasteiger partial charge in [-0.05, 0) is 25.0 Å². The number of hydrogen-bond acceptors (Lipinski definition) is 3. The van der Waals surface area contributed by atoms with Gasteiger partial charge < -0.3 is 4.90 Å². The van der Waals surface area contributed by atoms with Gasteiger partial charge in [-0.15, -0.1) is 0 Å². The molecule has 0 amide bonds. The molecule has 0 bridgehead atoms. The first-order valence-electron chi connectivity index (χ1n) is 5.67. The lowest BCUT2D eigenvalue weighted by atomic mass is 10.1. The van der Waals surface area contributed by atoms with Crippen molar-refractivity contribution in [2.45, 2.75) is 27.2 Å². The third kappa shape index (κ3) is 2.96. The van der Waals surface area contributed by atoms with Crippen LogP contribution in [0.1, 0.15) is 31.5 Å². The van der Waals surface area contributed by atoms with Gasteiger partial charge in [0.25, 0.3) is 0 Å². The molecule has 0 aliphatic carbocycles. The number of hydrogen-bond donors (Lipinski definition) is 0. The first-order chi connectivity index (χ1) is 7.58.